The number of nitrogens with zero attached hydrogens (tertiary/aromatic N) is 4. The van der Waals surface area contributed by atoms with Gasteiger partial charge in [0.05, 0.1) is 11.7 Å². The van der Waals surface area contributed by atoms with Crippen molar-refractivity contribution in [2.75, 3.05) is 5.32 Å². The zero-order valence-electron chi connectivity index (χ0n) is 16.8. The molecule has 1 atom stereocenters. The average molecular weight is 427 g/mol. The fourth-order valence-corrected chi connectivity index (χ4v) is 5.38. The van der Waals surface area contributed by atoms with Gasteiger partial charge in [0.1, 0.15) is 0 Å². The molecule has 0 aliphatic heterocycles. The predicted octanol–water partition coefficient (Wildman–Crippen LogP) is 3.79. The van der Waals surface area contributed by atoms with E-state index in [-0.39, 0.29) is 5.03 Å². The van der Waals surface area contributed by atoms with Crippen LogP contribution in [0.15, 0.2) is 21.7 Å². The molecule has 0 saturated heterocycles. The molecule has 1 unspecified atom stereocenters. The summed E-state index contributed by atoms with van der Waals surface area (Å²) in [6.45, 7) is 0. The molecule has 0 spiro atoms. The van der Waals surface area contributed by atoms with Gasteiger partial charge < -0.3 is 5.32 Å². The first kappa shape index (κ1) is 18.5. The van der Waals surface area contributed by atoms with Crippen LogP contribution in [0, 0.1) is 0 Å². The van der Waals surface area contributed by atoms with Crippen molar-refractivity contribution in [2.24, 2.45) is 9.50 Å². The van der Waals surface area contributed by atoms with E-state index in [0.29, 0.717) is 17.9 Å². The number of aromatic nitrogens is 3. The van der Waals surface area contributed by atoms with Gasteiger partial charge in [0.2, 0.25) is 0 Å². The van der Waals surface area contributed by atoms with E-state index in [9.17, 15) is 9.00 Å². The number of pyridine rings is 1. The summed E-state index contributed by atoms with van der Waals surface area (Å²) in [6, 6.07) is 1.29. The molecule has 4 aliphatic rings. The molecule has 2 aromatic heterocycles. The molecule has 9 heteroatoms. The van der Waals surface area contributed by atoms with Gasteiger partial charge in [0, 0.05) is 29.1 Å². The summed E-state index contributed by atoms with van der Waals surface area (Å²) < 4.78 is 18.6. The lowest BCUT2D eigenvalue weighted by atomic mass is 9.98. The Morgan fingerprint density at radius 2 is 1.93 bits per heavy atom. The van der Waals surface area contributed by atoms with Gasteiger partial charge in [-0.2, -0.15) is 5.10 Å². The second-order valence-corrected chi connectivity index (χ2v) is 10.8. The van der Waals surface area contributed by atoms with Gasteiger partial charge in [-0.1, -0.05) is 0 Å². The lowest BCUT2D eigenvalue weighted by Crippen LogP contribution is -2.20. The molecule has 2 amide bonds. The topological polar surface area (TPSA) is 115 Å². The highest BCUT2D eigenvalue weighted by Crippen LogP contribution is 2.52. The number of nitrogens with one attached hydrogen (secondary N) is 1. The fourth-order valence-electron chi connectivity index (χ4n) is 4.53. The number of amides is 2. The molecule has 0 bridgehead atoms. The van der Waals surface area contributed by atoms with Crippen LogP contribution in [-0.2, 0) is 22.8 Å². The minimum atomic E-state index is -3.39. The molecule has 0 aromatic carbocycles. The minimum Gasteiger partial charge on any atom is -0.305 e. The highest BCUT2D eigenvalue weighted by Gasteiger charge is 2.38. The molecule has 4 aliphatic carbocycles. The van der Waals surface area contributed by atoms with E-state index in [0.717, 1.165) is 61.9 Å². The molecule has 3 saturated carbocycles. The van der Waals surface area contributed by atoms with Crippen LogP contribution < -0.4 is 10.5 Å². The van der Waals surface area contributed by atoms with Gasteiger partial charge >= 0.3 is 6.03 Å². The summed E-state index contributed by atoms with van der Waals surface area (Å²) in [5, 5.41) is 13.4. The molecule has 0 radical (unpaired) electrons. The van der Waals surface area contributed by atoms with Crippen molar-refractivity contribution in [1.82, 2.24) is 14.8 Å². The van der Waals surface area contributed by atoms with Crippen LogP contribution in [0.3, 0.4) is 0 Å². The van der Waals surface area contributed by atoms with Gasteiger partial charge in [-0.15, -0.1) is 4.36 Å². The fraction of sp³-hybridized carbons (Fsp3) is 0.571. The third-order valence-corrected chi connectivity index (χ3v) is 7.75. The number of fused-ring (bicyclic) bond motifs is 1. The predicted molar refractivity (Wildman–Crippen MR) is 113 cm³/mol. The van der Waals surface area contributed by atoms with Crippen LogP contribution in [0.1, 0.15) is 85.3 Å². The van der Waals surface area contributed by atoms with E-state index in [2.05, 4.69) is 14.8 Å². The molecule has 2 aromatic rings. The summed E-state index contributed by atoms with van der Waals surface area (Å²) in [4.78, 5) is 17.9. The molecule has 3 N–H and O–H groups in total. The maximum atomic E-state index is 13.0. The highest BCUT2D eigenvalue weighted by atomic mass is 32.2. The van der Waals surface area contributed by atoms with Crippen LogP contribution in [-0.4, -0.2) is 25.0 Å². The Labute approximate surface area is 176 Å². The quantitative estimate of drug-likeness (QED) is 0.757. The number of anilines is 1. The second-order valence-electron chi connectivity index (χ2n) is 9.07. The van der Waals surface area contributed by atoms with E-state index >= 15 is 0 Å². The van der Waals surface area contributed by atoms with Gasteiger partial charge in [-0.3, -0.25) is 9.67 Å². The minimum absolute atomic E-state index is 0.158. The first-order valence-electron chi connectivity index (χ1n) is 11.0. The van der Waals surface area contributed by atoms with Crippen molar-refractivity contribution in [3.8, 4) is 0 Å². The van der Waals surface area contributed by atoms with Crippen molar-refractivity contribution >= 4 is 21.6 Å². The van der Waals surface area contributed by atoms with Crippen LogP contribution in [0.2, 0.25) is 0 Å². The Bertz CT molecular complexity index is 1170. The first-order valence-corrected chi connectivity index (χ1v) is 12.5. The Hall–Kier alpha value is -2.26. The third-order valence-electron chi connectivity index (χ3n) is 6.50. The number of rotatable bonds is 5. The Balaban J connectivity index is 1.35. The van der Waals surface area contributed by atoms with E-state index in [1.807, 2.05) is 0 Å². The van der Waals surface area contributed by atoms with Crippen LogP contribution in [0.4, 0.5) is 10.5 Å². The smallest absolute Gasteiger partial charge is 0.305 e. The second kappa shape index (κ2) is 6.62. The van der Waals surface area contributed by atoms with Crippen LogP contribution >= 0.6 is 0 Å². The highest BCUT2D eigenvalue weighted by molar-refractivity contribution is 7.91. The van der Waals surface area contributed by atoms with Crippen molar-refractivity contribution in [3.05, 3.63) is 34.8 Å². The zero-order chi connectivity index (χ0) is 20.5. The lowest BCUT2D eigenvalue weighted by Gasteiger charge is -2.18. The Kier molecular flexibility index (Phi) is 4.08. The normalized spacial score (nSPS) is 22.4. The largest absolute Gasteiger partial charge is 0.354 e. The molecule has 158 valence electrons. The van der Waals surface area contributed by atoms with Crippen molar-refractivity contribution in [1.29, 1.82) is 0 Å². The summed E-state index contributed by atoms with van der Waals surface area (Å²) in [6.07, 6.45) is 11.4. The molecular formula is C21H26N6O2S. The molecular weight excluding hydrogens is 400 g/mol. The maximum absolute atomic E-state index is 13.0. The number of aryl methyl sites for hydroxylation is 1. The van der Waals surface area contributed by atoms with E-state index in [1.165, 1.54) is 24.1 Å². The Morgan fingerprint density at radius 3 is 2.63 bits per heavy atom. The van der Waals surface area contributed by atoms with Gasteiger partial charge in [0.25, 0.3) is 0 Å². The van der Waals surface area contributed by atoms with Crippen molar-refractivity contribution in [3.63, 3.8) is 0 Å². The number of hydrogen-bond donors (Lipinski definition) is 2. The molecule has 3 fully saturated rings. The van der Waals surface area contributed by atoms with Crippen LogP contribution in [0.25, 0.3) is 0 Å². The number of nitrogens with two attached hydrogens (primary N) is 1. The Morgan fingerprint density at radius 1 is 1.17 bits per heavy atom. The molecule has 8 nitrogen and oxygen atoms in total. The van der Waals surface area contributed by atoms with Gasteiger partial charge in [0.15, 0.2) is 14.9 Å². The number of urea groups is 1. The average Bonchev–Trinajstić information content (AvgIpc) is 3.60. The lowest BCUT2D eigenvalue weighted by molar-refractivity contribution is 0.260. The van der Waals surface area contributed by atoms with Gasteiger partial charge in [-0.05, 0) is 75.3 Å². The summed E-state index contributed by atoms with van der Waals surface area (Å²) in [5.74, 6) is 0.981. The molecule has 6 rings (SSSR count). The number of carbonyl (C=O) groups is 1. The molecule has 30 heavy (non-hydrogen) atoms. The standard InChI is InChI=1S/C21H26N6O2S/c22-30(29,17-10-11-27(25-17)14-8-9-14)26-21(28)24-20-15-2-1-3-16(15)23-19(13-6-7-13)18(20)12-4-5-12/h10-14H,1-9H2,(H3,22,23,24,26,28,29). The van der Waals surface area contributed by atoms with E-state index in [1.54, 1.807) is 16.9 Å². The number of hydrogen-bond acceptors (Lipinski definition) is 4. The van der Waals surface area contributed by atoms with Crippen molar-refractivity contribution in [2.45, 2.75) is 80.7 Å². The van der Waals surface area contributed by atoms with Crippen molar-refractivity contribution < 1.29 is 9.00 Å². The summed E-state index contributed by atoms with van der Waals surface area (Å²) >= 11 is 0. The van der Waals surface area contributed by atoms with E-state index < -0.39 is 15.9 Å². The maximum Gasteiger partial charge on any atom is 0.354 e. The zero-order valence-corrected chi connectivity index (χ0v) is 17.7. The third kappa shape index (κ3) is 3.33. The monoisotopic (exact) mass is 426 g/mol. The summed E-state index contributed by atoms with van der Waals surface area (Å²) in [5.41, 5.74) is 5.47. The van der Waals surface area contributed by atoms with Gasteiger partial charge in [-0.25, -0.2) is 14.1 Å². The SMILES string of the molecule is NS(=O)(=NC(=O)Nc1c2c(nc(C3CC3)c1C1CC1)CCC2)c1ccn(C2CC2)n1. The van der Waals surface area contributed by atoms with Crippen LogP contribution in [0.5, 0.6) is 0 Å². The first-order chi connectivity index (χ1) is 14.5. The number of carbonyl (C=O) groups excluding carboxylic acids is 1. The summed E-state index contributed by atoms with van der Waals surface area (Å²) in [7, 11) is -3.39. The molecule has 2 heterocycles. The van der Waals surface area contributed by atoms with E-state index in [4.69, 9.17) is 10.1 Å².